The predicted molar refractivity (Wildman–Crippen MR) is 85.6 cm³/mol. The number of pyridine rings is 1. The summed E-state index contributed by atoms with van der Waals surface area (Å²) in [5.41, 5.74) is 3.80. The summed E-state index contributed by atoms with van der Waals surface area (Å²) in [4.78, 5) is 19.5. The molecule has 0 saturated carbocycles. The number of benzene rings is 1. The molecule has 1 aromatic heterocycles. The molecule has 2 aromatic rings. The van der Waals surface area contributed by atoms with Gasteiger partial charge in [-0.2, -0.15) is 0 Å². The number of aromatic nitrogens is 1. The molecule has 0 N–H and O–H groups in total. The van der Waals surface area contributed by atoms with E-state index in [1.54, 1.807) is 0 Å². The van der Waals surface area contributed by atoms with Gasteiger partial charge in [0.2, 0.25) is 0 Å². The number of fused-ring (bicyclic) bond motifs is 1. The molecule has 3 heteroatoms. The number of likely N-dealkylation sites (tertiary alicyclic amines) is 1. The van der Waals surface area contributed by atoms with Crippen molar-refractivity contribution >= 4 is 16.8 Å². The van der Waals surface area contributed by atoms with Crippen LogP contribution in [0.4, 0.5) is 0 Å². The molecule has 0 aliphatic carbocycles. The van der Waals surface area contributed by atoms with Crippen LogP contribution in [0, 0.1) is 13.8 Å². The third-order valence-electron chi connectivity index (χ3n) is 4.22. The summed E-state index contributed by atoms with van der Waals surface area (Å²) >= 11 is 0. The van der Waals surface area contributed by atoms with Gasteiger partial charge in [-0.15, -0.1) is 0 Å². The third kappa shape index (κ3) is 2.92. The van der Waals surface area contributed by atoms with Crippen LogP contribution in [0.25, 0.3) is 10.9 Å². The molecular weight excluding hydrogens is 260 g/mol. The molecule has 1 saturated heterocycles. The highest BCUT2D eigenvalue weighted by atomic mass is 16.2. The van der Waals surface area contributed by atoms with Gasteiger partial charge < -0.3 is 4.90 Å². The van der Waals surface area contributed by atoms with Gasteiger partial charge in [0.05, 0.1) is 11.1 Å². The van der Waals surface area contributed by atoms with Crippen LogP contribution in [0.3, 0.4) is 0 Å². The first kappa shape index (κ1) is 14.1. The second kappa shape index (κ2) is 5.84. The zero-order valence-electron chi connectivity index (χ0n) is 12.9. The summed E-state index contributed by atoms with van der Waals surface area (Å²) in [6, 6.07) is 8.08. The minimum Gasteiger partial charge on any atom is -0.339 e. The number of amides is 1. The molecule has 1 aromatic carbocycles. The Hall–Kier alpha value is -1.90. The Morgan fingerprint density at radius 3 is 2.48 bits per heavy atom. The molecule has 0 atom stereocenters. The zero-order chi connectivity index (χ0) is 14.8. The van der Waals surface area contributed by atoms with Gasteiger partial charge >= 0.3 is 0 Å². The molecule has 0 bridgehead atoms. The van der Waals surface area contributed by atoms with Crippen LogP contribution < -0.4 is 0 Å². The lowest BCUT2D eigenvalue weighted by Gasteiger charge is -2.21. The minimum absolute atomic E-state index is 0.165. The lowest BCUT2D eigenvalue weighted by Crippen LogP contribution is -2.32. The zero-order valence-corrected chi connectivity index (χ0v) is 12.9. The first-order valence-corrected chi connectivity index (χ1v) is 7.82. The van der Waals surface area contributed by atoms with E-state index in [9.17, 15) is 4.79 Å². The number of carbonyl (C=O) groups excluding carboxylic acids is 1. The SMILES string of the molecule is Cc1ccc2nc(C)cc(C(=O)N3CCCCCC3)c2c1. The smallest absolute Gasteiger partial charge is 0.254 e. The first-order chi connectivity index (χ1) is 10.1. The maximum absolute atomic E-state index is 12.9. The van der Waals surface area contributed by atoms with E-state index in [1.807, 2.05) is 24.0 Å². The maximum Gasteiger partial charge on any atom is 0.254 e. The second-order valence-electron chi connectivity index (χ2n) is 6.04. The number of hydrogen-bond acceptors (Lipinski definition) is 2. The Morgan fingerprint density at radius 1 is 1.05 bits per heavy atom. The average molecular weight is 282 g/mol. The normalized spacial score (nSPS) is 16.0. The van der Waals surface area contributed by atoms with Gasteiger partial charge in [0.1, 0.15) is 0 Å². The number of nitrogens with zero attached hydrogens (tertiary/aromatic N) is 2. The van der Waals surface area contributed by atoms with Crippen molar-refractivity contribution in [3.05, 3.63) is 41.1 Å². The Balaban J connectivity index is 2.05. The van der Waals surface area contributed by atoms with E-state index in [0.717, 1.165) is 53.7 Å². The van der Waals surface area contributed by atoms with Crippen LogP contribution >= 0.6 is 0 Å². The van der Waals surface area contributed by atoms with E-state index in [4.69, 9.17) is 0 Å². The Labute approximate surface area is 126 Å². The lowest BCUT2D eigenvalue weighted by molar-refractivity contribution is 0.0763. The summed E-state index contributed by atoms with van der Waals surface area (Å²) in [6.07, 6.45) is 4.71. The van der Waals surface area contributed by atoms with Crippen LogP contribution in [-0.4, -0.2) is 28.9 Å². The molecule has 110 valence electrons. The Morgan fingerprint density at radius 2 is 1.76 bits per heavy atom. The summed E-state index contributed by atoms with van der Waals surface area (Å²) in [5, 5.41) is 0.981. The lowest BCUT2D eigenvalue weighted by atomic mass is 10.0. The highest BCUT2D eigenvalue weighted by molar-refractivity contribution is 6.06. The highest BCUT2D eigenvalue weighted by Gasteiger charge is 2.20. The predicted octanol–water partition coefficient (Wildman–Crippen LogP) is 3.87. The molecule has 1 fully saturated rings. The summed E-state index contributed by atoms with van der Waals surface area (Å²) in [5.74, 6) is 0.165. The van der Waals surface area contributed by atoms with Gasteiger partial charge in [-0.25, -0.2) is 0 Å². The van der Waals surface area contributed by atoms with Gasteiger partial charge in [-0.1, -0.05) is 24.5 Å². The van der Waals surface area contributed by atoms with E-state index in [-0.39, 0.29) is 5.91 Å². The topological polar surface area (TPSA) is 33.2 Å². The fraction of sp³-hybridized carbons (Fsp3) is 0.444. The van der Waals surface area contributed by atoms with Gasteiger partial charge in [-0.05, 0) is 44.9 Å². The Kier molecular flexibility index (Phi) is 3.91. The second-order valence-corrected chi connectivity index (χ2v) is 6.04. The van der Waals surface area contributed by atoms with Crippen molar-refractivity contribution in [2.75, 3.05) is 13.1 Å². The van der Waals surface area contributed by atoms with Crippen molar-refractivity contribution in [3.8, 4) is 0 Å². The Bertz CT molecular complexity index is 670. The van der Waals surface area contributed by atoms with E-state index >= 15 is 0 Å². The molecular formula is C18H22N2O. The molecule has 21 heavy (non-hydrogen) atoms. The summed E-state index contributed by atoms with van der Waals surface area (Å²) in [6.45, 7) is 5.78. The van der Waals surface area contributed by atoms with E-state index in [2.05, 4.69) is 24.0 Å². The van der Waals surface area contributed by atoms with Crippen LogP contribution in [-0.2, 0) is 0 Å². The fourth-order valence-electron chi connectivity index (χ4n) is 3.09. The van der Waals surface area contributed by atoms with Crippen molar-refractivity contribution in [3.63, 3.8) is 0 Å². The third-order valence-corrected chi connectivity index (χ3v) is 4.22. The van der Waals surface area contributed by atoms with Crippen LogP contribution in [0.15, 0.2) is 24.3 Å². The van der Waals surface area contributed by atoms with E-state index < -0.39 is 0 Å². The van der Waals surface area contributed by atoms with E-state index in [1.165, 1.54) is 12.8 Å². The molecule has 0 unspecified atom stereocenters. The van der Waals surface area contributed by atoms with Crippen molar-refractivity contribution in [2.45, 2.75) is 39.5 Å². The largest absolute Gasteiger partial charge is 0.339 e. The number of aryl methyl sites for hydroxylation is 2. The standard InChI is InChI=1S/C18H22N2O/c1-13-7-8-17-15(11-13)16(12-14(2)19-17)18(21)20-9-5-3-4-6-10-20/h7-8,11-12H,3-6,9-10H2,1-2H3. The van der Waals surface area contributed by atoms with Gasteiger partial charge in [0, 0.05) is 24.2 Å². The van der Waals surface area contributed by atoms with Gasteiger partial charge in [0.25, 0.3) is 5.91 Å². The molecule has 0 spiro atoms. The molecule has 3 rings (SSSR count). The summed E-state index contributed by atoms with van der Waals surface area (Å²) < 4.78 is 0. The quantitative estimate of drug-likeness (QED) is 0.795. The average Bonchev–Trinajstić information content (AvgIpc) is 2.75. The molecule has 0 radical (unpaired) electrons. The molecule has 1 amide bonds. The maximum atomic E-state index is 12.9. The first-order valence-electron chi connectivity index (χ1n) is 7.82. The van der Waals surface area contributed by atoms with Gasteiger partial charge in [0.15, 0.2) is 0 Å². The molecule has 1 aliphatic rings. The molecule has 1 aliphatic heterocycles. The number of hydrogen-bond donors (Lipinski definition) is 0. The monoisotopic (exact) mass is 282 g/mol. The summed E-state index contributed by atoms with van der Waals surface area (Å²) in [7, 11) is 0. The molecule has 3 nitrogen and oxygen atoms in total. The van der Waals surface area contributed by atoms with Crippen molar-refractivity contribution in [1.29, 1.82) is 0 Å². The van der Waals surface area contributed by atoms with E-state index in [0.29, 0.717) is 0 Å². The number of carbonyl (C=O) groups is 1. The molecule has 2 heterocycles. The highest BCUT2D eigenvalue weighted by Crippen LogP contribution is 2.22. The van der Waals surface area contributed by atoms with Crippen molar-refractivity contribution in [2.24, 2.45) is 0 Å². The van der Waals surface area contributed by atoms with Crippen molar-refractivity contribution in [1.82, 2.24) is 9.88 Å². The van der Waals surface area contributed by atoms with Crippen LogP contribution in [0.1, 0.15) is 47.3 Å². The van der Waals surface area contributed by atoms with Crippen LogP contribution in [0.5, 0.6) is 0 Å². The number of rotatable bonds is 1. The van der Waals surface area contributed by atoms with Gasteiger partial charge in [-0.3, -0.25) is 9.78 Å². The minimum atomic E-state index is 0.165. The van der Waals surface area contributed by atoms with Crippen LogP contribution in [0.2, 0.25) is 0 Å². The fourth-order valence-corrected chi connectivity index (χ4v) is 3.09. The van der Waals surface area contributed by atoms with Crippen molar-refractivity contribution < 1.29 is 4.79 Å².